The van der Waals surface area contributed by atoms with E-state index in [2.05, 4.69) is 33.5 Å². The van der Waals surface area contributed by atoms with Gasteiger partial charge in [0, 0.05) is 37.3 Å². The van der Waals surface area contributed by atoms with Crippen molar-refractivity contribution < 1.29 is 4.74 Å². The van der Waals surface area contributed by atoms with Gasteiger partial charge in [0.15, 0.2) is 0 Å². The Labute approximate surface area is 200 Å². The summed E-state index contributed by atoms with van der Waals surface area (Å²) in [6.07, 6.45) is 1.92. The van der Waals surface area contributed by atoms with Gasteiger partial charge in [0.25, 0.3) is 0 Å². The van der Waals surface area contributed by atoms with Gasteiger partial charge in [-0.25, -0.2) is 4.99 Å². The van der Waals surface area contributed by atoms with Crippen molar-refractivity contribution in [2.75, 3.05) is 52.7 Å². The molecule has 0 radical (unpaired) electrons. The maximum Gasteiger partial charge on any atom is 0.140 e. The smallest absolute Gasteiger partial charge is 0.140 e. The molecule has 0 amide bonds. The van der Waals surface area contributed by atoms with E-state index < -0.39 is 0 Å². The number of nitrogens with zero attached hydrogens (tertiary/aromatic N) is 3. The number of aliphatic imine (C=N–C) groups is 1. The highest BCUT2D eigenvalue weighted by atomic mass is 35.5. The maximum absolute atomic E-state index is 6.53. The van der Waals surface area contributed by atoms with Gasteiger partial charge in [-0.3, -0.25) is 0 Å². The minimum atomic E-state index is -0.243. The van der Waals surface area contributed by atoms with Crippen LogP contribution in [-0.2, 0) is 6.54 Å². The van der Waals surface area contributed by atoms with E-state index in [1.807, 2.05) is 44.4 Å². The van der Waals surface area contributed by atoms with Gasteiger partial charge in [0.2, 0.25) is 0 Å². The number of piperidine rings is 1. The van der Waals surface area contributed by atoms with Gasteiger partial charge in [-0.2, -0.15) is 0 Å². The monoisotopic (exact) mass is 475 g/mol. The van der Waals surface area contributed by atoms with Crippen LogP contribution in [0.1, 0.15) is 18.4 Å². The van der Waals surface area contributed by atoms with Crippen molar-refractivity contribution in [3.8, 4) is 5.75 Å². The minimum absolute atomic E-state index is 0.243. The lowest BCUT2D eigenvalue weighted by Gasteiger charge is -2.45. The molecule has 4 rings (SSSR count). The summed E-state index contributed by atoms with van der Waals surface area (Å²) in [4.78, 5) is 9.48. The summed E-state index contributed by atoms with van der Waals surface area (Å²) in [5, 5.41) is 8.70. The number of amidine groups is 1. The highest BCUT2D eigenvalue weighted by molar-refractivity contribution is 6.32. The molecule has 0 saturated carbocycles. The number of fused-ring (bicyclic) bond motifs is 1. The molecule has 2 aromatic carbocycles. The zero-order valence-electron chi connectivity index (χ0n) is 18.9. The lowest BCUT2D eigenvalue weighted by Crippen LogP contribution is -2.58. The van der Waals surface area contributed by atoms with Gasteiger partial charge in [0.05, 0.1) is 21.9 Å². The van der Waals surface area contributed by atoms with Crippen LogP contribution in [0.3, 0.4) is 0 Å². The second kappa shape index (κ2) is 9.87. The molecular formula is C24H31Cl2N5O. The van der Waals surface area contributed by atoms with E-state index in [0.717, 1.165) is 60.3 Å². The van der Waals surface area contributed by atoms with Gasteiger partial charge in [-0.15, -0.1) is 0 Å². The fourth-order valence-corrected chi connectivity index (χ4v) is 4.56. The molecule has 2 aliphatic heterocycles. The van der Waals surface area contributed by atoms with E-state index >= 15 is 0 Å². The first-order chi connectivity index (χ1) is 15.3. The molecule has 8 heteroatoms. The van der Waals surface area contributed by atoms with Crippen LogP contribution < -0.4 is 15.4 Å². The molecule has 32 heavy (non-hydrogen) atoms. The number of rotatable bonds is 6. The molecule has 1 fully saturated rings. The van der Waals surface area contributed by atoms with Gasteiger partial charge >= 0.3 is 0 Å². The summed E-state index contributed by atoms with van der Waals surface area (Å²) in [5.41, 5.74) is 2.67. The number of benzene rings is 2. The van der Waals surface area contributed by atoms with Crippen LogP contribution in [0.25, 0.3) is 0 Å². The van der Waals surface area contributed by atoms with Gasteiger partial charge < -0.3 is 25.2 Å². The van der Waals surface area contributed by atoms with Gasteiger partial charge in [-0.1, -0.05) is 35.3 Å². The Morgan fingerprint density at radius 2 is 1.97 bits per heavy atom. The first kappa shape index (κ1) is 23.2. The second-order valence-corrected chi connectivity index (χ2v) is 9.75. The molecule has 0 aromatic heterocycles. The number of likely N-dealkylation sites (N-methyl/N-ethyl adjacent to an activating group) is 1. The predicted molar refractivity (Wildman–Crippen MR) is 134 cm³/mol. The lowest BCUT2D eigenvalue weighted by molar-refractivity contribution is 0.238. The molecule has 2 aromatic rings. The van der Waals surface area contributed by atoms with Crippen molar-refractivity contribution >= 4 is 40.4 Å². The Morgan fingerprint density at radius 1 is 1.19 bits per heavy atom. The van der Waals surface area contributed by atoms with Crippen LogP contribution in [0.4, 0.5) is 11.4 Å². The Morgan fingerprint density at radius 3 is 2.69 bits per heavy atom. The van der Waals surface area contributed by atoms with E-state index in [1.165, 1.54) is 0 Å². The number of halogens is 2. The van der Waals surface area contributed by atoms with E-state index in [0.29, 0.717) is 23.9 Å². The van der Waals surface area contributed by atoms with Crippen LogP contribution in [0.5, 0.6) is 5.75 Å². The van der Waals surface area contributed by atoms with Crippen molar-refractivity contribution in [1.82, 2.24) is 15.1 Å². The molecule has 0 atom stereocenters. The summed E-state index contributed by atoms with van der Waals surface area (Å²) < 4.78 is 5.95. The predicted octanol–water partition coefficient (Wildman–Crippen LogP) is 4.64. The van der Waals surface area contributed by atoms with Crippen molar-refractivity contribution in [1.29, 1.82) is 0 Å². The fourth-order valence-electron chi connectivity index (χ4n) is 4.13. The zero-order valence-corrected chi connectivity index (χ0v) is 20.4. The van der Waals surface area contributed by atoms with Crippen LogP contribution in [0.15, 0.2) is 41.4 Å². The summed E-state index contributed by atoms with van der Waals surface area (Å²) in [6, 6.07) is 11.8. The maximum atomic E-state index is 6.53. The molecule has 0 unspecified atom stereocenters. The van der Waals surface area contributed by atoms with Crippen LogP contribution in [0, 0.1) is 0 Å². The molecule has 1 spiro atoms. The summed E-state index contributed by atoms with van der Waals surface area (Å²) in [5.74, 6) is 1.64. The van der Waals surface area contributed by atoms with Gasteiger partial charge in [-0.05, 0) is 57.7 Å². The zero-order chi connectivity index (χ0) is 22.7. The quantitative estimate of drug-likeness (QED) is 0.636. The first-order valence-corrected chi connectivity index (χ1v) is 11.8. The fraction of sp³-hybridized carbons (Fsp3) is 0.458. The van der Waals surface area contributed by atoms with E-state index in [4.69, 9.17) is 32.9 Å². The molecule has 0 bridgehead atoms. The molecule has 2 heterocycles. The third kappa shape index (κ3) is 5.31. The summed E-state index contributed by atoms with van der Waals surface area (Å²) in [6.45, 7) is 4.07. The van der Waals surface area contributed by atoms with Crippen molar-refractivity contribution in [3.63, 3.8) is 0 Å². The Hall–Kier alpha value is -1.99. The highest BCUT2D eigenvalue weighted by Crippen LogP contribution is 2.43. The third-order valence-electron chi connectivity index (χ3n) is 6.10. The topological polar surface area (TPSA) is 52.1 Å². The number of hydrogen-bond donors (Lipinski definition) is 2. The molecule has 172 valence electrons. The standard InChI is InChI=1S/C24H31Cl2N5O/c1-30(2)11-12-32-22-15-21-20(14-19(22)26)28-23(24(29-21)7-9-31(3)10-8-24)27-16-17-5-4-6-18(25)13-17/h4-6,13-15,29H,7-12,16H2,1-3H3,(H,27,28). The Kier molecular flexibility index (Phi) is 7.15. The highest BCUT2D eigenvalue weighted by Gasteiger charge is 2.41. The summed E-state index contributed by atoms with van der Waals surface area (Å²) in [7, 11) is 6.21. The molecule has 1 saturated heterocycles. The number of ether oxygens (including phenoxy) is 1. The molecule has 6 nitrogen and oxygen atoms in total. The molecule has 2 N–H and O–H groups in total. The van der Waals surface area contributed by atoms with E-state index in [9.17, 15) is 0 Å². The third-order valence-corrected chi connectivity index (χ3v) is 6.63. The number of hydrogen-bond acceptors (Lipinski definition) is 6. The van der Waals surface area contributed by atoms with Crippen LogP contribution in [-0.4, -0.2) is 68.6 Å². The SMILES string of the molecule is CN(C)CCOc1cc2c(cc1Cl)N=C(NCc1cccc(Cl)c1)C1(CCN(C)CC1)N2. The Bertz CT molecular complexity index is 986. The average molecular weight is 476 g/mol. The average Bonchev–Trinajstić information content (AvgIpc) is 2.75. The first-order valence-electron chi connectivity index (χ1n) is 11.0. The Balaban J connectivity index is 1.60. The summed E-state index contributed by atoms with van der Waals surface area (Å²) >= 11 is 12.7. The van der Waals surface area contributed by atoms with Crippen LogP contribution >= 0.6 is 23.2 Å². The molecular weight excluding hydrogens is 445 g/mol. The number of likely N-dealkylation sites (tertiary alicyclic amines) is 1. The van der Waals surface area contributed by atoms with Crippen molar-refractivity contribution in [2.45, 2.75) is 24.9 Å². The van der Waals surface area contributed by atoms with E-state index in [-0.39, 0.29) is 5.54 Å². The second-order valence-electron chi connectivity index (χ2n) is 8.91. The van der Waals surface area contributed by atoms with Crippen molar-refractivity contribution in [2.24, 2.45) is 4.99 Å². The number of anilines is 1. The lowest BCUT2D eigenvalue weighted by atomic mass is 9.84. The normalized spacial score (nSPS) is 17.6. The number of nitrogens with one attached hydrogen (secondary N) is 2. The minimum Gasteiger partial charge on any atom is -0.491 e. The largest absolute Gasteiger partial charge is 0.491 e. The molecule has 2 aliphatic rings. The molecule has 0 aliphatic carbocycles. The van der Waals surface area contributed by atoms with Crippen LogP contribution in [0.2, 0.25) is 10.0 Å². The van der Waals surface area contributed by atoms with E-state index in [1.54, 1.807) is 0 Å². The van der Waals surface area contributed by atoms with Gasteiger partial charge in [0.1, 0.15) is 18.2 Å². The van der Waals surface area contributed by atoms with Crippen molar-refractivity contribution in [3.05, 3.63) is 52.0 Å².